The minimum atomic E-state index is -0.688. The van der Waals surface area contributed by atoms with Crippen LogP contribution in [0.15, 0.2) is 0 Å². The Bertz CT molecular complexity index is 645. The lowest BCUT2D eigenvalue weighted by molar-refractivity contribution is -0.160. The van der Waals surface area contributed by atoms with E-state index >= 15 is 0 Å². The van der Waals surface area contributed by atoms with E-state index < -0.39 is 5.97 Å². The first kappa shape index (κ1) is 20.4. The van der Waals surface area contributed by atoms with E-state index in [4.69, 9.17) is 5.11 Å². The standard InChI is InChI=1S/C24H38O4/c1-14(4-7-22(27)28)17-5-6-18-16-13-21(26)20-12-15(25)8-10-24(20,3)19(16)9-11-23(17,18)2/h14-20,25H,4-13H2,1-3H3,(H,27,28)/t14-,15-,16+,17-,18+,19-,20-,23-,24-/m1/s1. The number of carboxylic acid groups (broad SMARTS) is 1. The first-order chi connectivity index (χ1) is 13.2. The SMILES string of the molecule is C[C@H](CCC(=O)O)[C@H]1CC[C@H]2[C@@H]3CC(=O)[C@H]4C[C@H](O)CC[C@]4(C)[C@@H]3CC[C@]12C. The van der Waals surface area contributed by atoms with Gasteiger partial charge < -0.3 is 10.2 Å². The van der Waals surface area contributed by atoms with E-state index in [9.17, 15) is 14.7 Å². The maximum Gasteiger partial charge on any atom is 0.303 e. The van der Waals surface area contributed by atoms with Gasteiger partial charge >= 0.3 is 5.97 Å². The van der Waals surface area contributed by atoms with Crippen LogP contribution in [0.3, 0.4) is 0 Å². The first-order valence-electron chi connectivity index (χ1n) is 11.6. The predicted octanol–water partition coefficient (Wildman–Crippen LogP) is 4.69. The number of rotatable bonds is 4. The second kappa shape index (κ2) is 7.11. The Morgan fingerprint density at radius 2 is 1.79 bits per heavy atom. The van der Waals surface area contributed by atoms with Gasteiger partial charge in [-0.3, -0.25) is 9.59 Å². The molecule has 4 rings (SSSR count). The molecule has 4 fully saturated rings. The van der Waals surface area contributed by atoms with Crippen LogP contribution in [0.2, 0.25) is 0 Å². The van der Waals surface area contributed by atoms with E-state index in [1.54, 1.807) is 0 Å². The smallest absolute Gasteiger partial charge is 0.303 e. The molecule has 4 aliphatic carbocycles. The second-order valence-corrected chi connectivity index (χ2v) is 11.2. The molecule has 4 saturated carbocycles. The molecule has 0 spiro atoms. The van der Waals surface area contributed by atoms with Crippen molar-refractivity contribution in [1.82, 2.24) is 0 Å². The summed E-state index contributed by atoms with van der Waals surface area (Å²) in [5.41, 5.74) is 0.338. The van der Waals surface area contributed by atoms with E-state index in [0.717, 1.165) is 19.3 Å². The summed E-state index contributed by atoms with van der Waals surface area (Å²) in [7, 11) is 0. The predicted molar refractivity (Wildman–Crippen MR) is 108 cm³/mol. The molecule has 9 atom stereocenters. The molecule has 0 aromatic heterocycles. The van der Waals surface area contributed by atoms with Gasteiger partial charge in [-0.15, -0.1) is 0 Å². The maximum absolute atomic E-state index is 13.1. The Kier molecular flexibility index (Phi) is 5.17. The van der Waals surface area contributed by atoms with Crippen molar-refractivity contribution in [1.29, 1.82) is 0 Å². The van der Waals surface area contributed by atoms with E-state index in [1.165, 1.54) is 25.7 Å². The van der Waals surface area contributed by atoms with Crippen LogP contribution in [-0.4, -0.2) is 28.1 Å². The number of aliphatic carboxylic acids is 1. The lowest BCUT2D eigenvalue weighted by atomic mass is 9.44. The third-order valence-electron chi connectivity index (χ3n) is 10.0. The molecule has 0 radical (unpaired) electrons. The Balaban J connectivity index is 1.55. The quantitative estimate of drug-likeness (QED) is 0.730. The molecule has 0 bridgehead atoms. The number of hydrogen-bond acceptors (Lipinski definition) is 3. The number of fused-ring (bicyclic) bond motifs is 5. The van der Waals surface area contributed by atoms with Gasteiger partial charge in [-0.25, -0.2) is 0 Å². The van der Waals surface area contributed by atoms with Crippen molar-refractivity contribution in [2.45, 2.75) is 91.1 Å². The molecule has 158 valence electrons. The van der Waals surface area contributed by atoms with Gasteiger partial charge in [-0.1, -0.05) is 20.8 Å². The number of carbonyl (C=O) groups excluding carboxylic acids is 1. The van der Waals surface area contributed by atoms with Crippen molar-refractivity contribution in [3.8, 4) is 0 Å². The Hall–Kier alpha value is -0.900. The lowest BCUT2D eigenvalue weighted by Crippen LogP contribution is -2.57. The summed E-state index contributed by atoms with van der Waals surface area (Å²) in [6.45, 7) is 7.05. The molecule has 0 amide bonds. The monoisotopic (exact) mass is 390 g/mol. The number of Topliss-reactive ketones (excluding diaryl/α,β-unsaturated/α-hetero) is 1. The zero-order chi connectivity index (χ0) is 20.3. The van der Waals surface area contributed by atoms with Gasteiger partial charge in [-0.2, -0.15) is 0 Å². The second-order valence-electron chi connectivity index (χ2n) is 11.2. The minimum absolute atomic E-state index is 0.0635. The van der Waals surface area contributed by atoms with Crippen LogP contribution in [0, 0.1) is 46.3 Å². The van der Waals surface area contributed by atoms with Gasteiger partial charge in [0.15, 0.2) is 0 Å². The fourth-order valence-electron chi connectivity index (χ4n) is 8.55. The molecule has 0 aromatic rings. The molecule has 4 nitrogen and oxygen atoms in total. The van der Waals surface area contributed by atoms with Gasteiger partial charge in [0, 0.05) is 18.8 Å². The highest BCUT2D eigenvalue weighted by Gasteiger charge is 2.62. The molecule has 0 saturated heterocycles. The Morgan fingerprint density at radius 3 is 2.50 bits per heavy atom. The summed E-state index contributed by atoms with van der Waals surface area (Å²) < 4.78 is 0. The average Bonchev–Trinajstić information content (AvgIpc) is 2.99. The number of hydrogen-bond donors (Lipinski definition) is 2. The molecular formula is C24H38O4. The van der Waals surface area contributed by atoms with Crippen molar-refractivity contribution in [2.24, 2.45) is 46.3 Å². The lowest BCUT2D eigenvalue weighted by Gasteiger charge is -2.60. The maximum atomic E-state index is 13.1. The summed E-state index contributed by atoms with van der Waals surface area (Å²) in [4.78, 5) is 24.2. The zero-order valence-corrected chi connectivity index (χ0v) is 17.8. The number of ketones is 1. The van der Waals surface area contributed by atoms with E-state index in [-0.39, 0.29) is 29.3 Å². The van der Waals surface area contributed by atoms with Crippen molar-refractivity contribution in [3.05, 3.63) is 0 Å². The van der Waals surface area contributed by atoms with Crippen LogP contribution in [0.5, 0.6) is 0 Å². The normalized spacial score (nSPS) is 49.1. The summed E-state index contributed by atoms with van der Waals surface area (Å²) in [5.74, 6) is 2.54. The molecule has 0 aromatic carbocycles. The van der Waals surface area contributed by atoms with Crippen molar-refractivity contribution in [3.63, 3.8) is 0 Å². The molecule has 28 heavy (non-hydrogen) atoms. The Labute approximate surface area is 169 Å². The highest BCUT2D eigenvalue weighted by atomic mass is 16.4. The molecule has 4 heteroatoms. The molecule has 2 N–H and O–H groups in total. The van der Waals surface area contributed by atoms with Crippen LogP contribution in [0.25, 0.3) is 0 Å². The van der Waals surface area contributed by atoms with Crippen molar-refractivity contribution in [2.75, 3.05) is 0 Å². The molecule has 0 aliphatic heterocycles. The summed E-state index contributed by atoms with van der Waals surface area (Å²) in [6.07, 6.45) is 8.80. The fraction of sp³-hybridized carbons (Fsp3) is 0.917. The number of aliphatic hydroxyl groups is 1. The van der Waals surface area contributed by atoms with Gasteiger partial charge in [0.25, 0.3) is 0 Å². The summed E-state index contributed by atoms with van der Waals surface area (Å²) in [5, 5.41) is 19.2. The molecule has 0 heterocycles. The zero-order valence-electron chi connectivity index (χ0n) is 17.8. The van der Waals surface area contributed by atoms with Crippen LogP contribution in [0.4, 0.5) is 0 Å². The van der Waals surface area contributed by atoms with E-state index in [2.05, 4.69) is 20.8 Å². The van der Waals surface area contributed by atoms with Gasteiger partial charge in [0.1, 0.15) is 5.78 Å². The Morgan fingerprint density at radius 1 is 1.11 bits per heavy atom. The summed E-state index contributed by atoms with van der Waals surface area (Å²) in [6, 6.07) is 0. The van der Waals surface area contributed by atoms with E-state index in [1.807, 2.05) is 0 Å². The van der Waals surface area contributed by atoms with Gasteiger partial charge in [0.2, 0.25) is 0 Å². The third kappa shape index (κ3) is 3.05. The first-order valence-corrected chi connectivity index (χ1v) is 11.6. The van der Waals surface area contributed by atoms with E-state index in [0.29, 0.717) is 48.2 Å². The van der Waals surface area contributed by atoms with Crippen LogP contribution >= 0.6 is 0 Å². The largest absolute Gasteiger partial charge is 0.481 e. The highest BCUT2D eigenvalue weighted by molar-refractivity contribution is 5.83. The number of aliphatic hydroxyl groups excluding tert-OH is 1. The number of carboxylic acids is 1. The topological polar surface area (TPSA) is 74.6 Å². The van der Waals surface area contributed by atoms with Gasteiger partial charge in [0.05, 0.1) is 6.10 Å². The molecular weight excluding hydrogens is 352 g/mol. The van der Waals surface area contributed by atoms with Gasteiger partial charge in [-0.05, 0) is 91.8 Å². The fourth-order valence-corrected chi connectivity index (χ4v) is 8.55. The van der Waals surface area contributed by atoms with Crippen LogP contribution in [-0.2, 0) is 9.59 Å². The number of carbonyl (C=O) groups is 2. The molecule has 4 aliphatic rings. The third-order valence-corrected chi connectivity index (χ3v) is 10.0. The summed E-state index contributed by atoms with van der Waals surface area (Å²) >= 11 is 0. The van der Waals surface area contributed by atoms with Crippen LogP contribution in [0.1, 0.15) is 85.0 Å². The van der Waals surface area contributed by atoms with Crippen molar-refractivity contribution >= 4 is 11.8 Å². The van der Waals surface area contributed by atoms with Crippen molar-refractivity contribution < 1.29 is 19.8 Å². The minimum Gasteiger partial charge on any atom is -0.481 e. The average molecular weight is 391 g/mol. The van der Waals surface area contributed by atoms with Crippen LogP contribution < -0.4 is 0 Å². The molecule has 0 unspecified atom stereocenters. The highest BCUT2D eigenvalue weighted by Crippen LogP contribution is 2.67.